The van der Waals surface area contributed by atoms with Gasteiger partial charge in [-0.2, -0.15) is 10.2 Å². The molecule has 2 fully saturated rings. The number of tetrazole rings is 2. The van der Waals surface area contributed by atoms with Gasteiger partial charge in [0.05, 0.1) is 34.3 Å². The maximum absolute atomic E-state index is 13.4. The van der Waals surface area contributed by atoms with Gasteiger partial charge in [0, 0.05) is 124 Å². The number of anilines is 6. The number of amides is 2. The van der Waals surface area contributed by atoms with E-state index >= 15 is 0 Å². The number of hydrogen-bond donors (Lipinski definition) is 4. The fourth-order valence-corrected chi connectivity index (χ4v) is 10.4. The predicted octanol–water partition coefficient (Wildman–Crippen LogP) is 5.99. The SMILES string of the molecule is CC.CC1=C(C(=O)Nc2ccc3[nH]nc(-c4ccnc(N5CCN(C)CC5)c4)c3c2)[C@@H](C)n2nnnc2N1C.CCN1CCN(c2cc(-c3n[nH]c4ccc(NC(=O)C5=C(C)N(C)c6nnnn6[C@@H]5C)cc34)ccn2)CC1. The van der Waals surface area contributed by atoms with Crippen molar-refractivity contribution < 1.29 is 9.59 Å². The highest BCUT2D eigenvalue weighted by Crippen LogP contribution is 2.36. The molecule has 0 saturated carbocycles. The molecule has 0 unspecified atom stereocenters. The summed E-state index contributed by atoms with van der Waals surface area (Å²) < 4.78 is 3.31. The van der Waals surface area contributed by atoms with Crippen molar-refractivity contribution in [1.29, 1.82) is 0 Å². The molecule has 0 spiro atoms. The Kier molecular flexibility index (Phi) is 14.7. The van der Waals surface area contributed by atoms with E-state index in [0.717, 1.165) is 126 Å². The minimum Gasteiger partial charge on any atom is -0.354 e. The number of H-pyrrole nitrogens is 2. The van der Waals surface area contributed by atoms with Crippen LogP contribution in [-0.2, 0) is 9.59 Å². The lowest BCUT2D eigenvalue weighted by Crippen LogP contribution is -2.46. The Morgan fingerprint density at radius 1 is 0.597 bits per heavy atom. The van der Waals surface area contributed by atoms with Crippen molar-refractivity contribution in [2.24, 2.45) is 0 Å². The third-order valence-corrected chi connectivity index (χ3v) is 15.0. The van der Waals surface area contributed by atoms with Crippen molar-refractivity contribution in [3.05, 3.63) is 95.6 Å². The van der Waals surface area contributed by atoms with Gasteiger partial charge >= 0.3 is 0 Å². The fourth-order valence-electron chi connectivity index (χ4n) is 10.4. The second kappa shape index (κ2) is 21.9. The van der Waals surface area contributed by atoms with Crippen LogP contribution >= 0.6 is 0 Å². The second-order valence-electron chi connectivity index (χ2n) is 19.4. The van der Waals surface area contributed by atoms with Gasteiger partial charge in [-0.1, -0.05) is 31.0 Å². The molecule has 24 heteroatoms. The highest BCUT2D eigenvalue weighted by atomic mass is 16.2. The van der Waals surface area contributed by atoms with Crippen molar-refractivity contribution in [2.45, 2.75) is 60.5 Å². The summed E-state index contributed by atoms with van der Waals surface area (Å²) in [6, 6.07) is 19.1. The van der Waals surface area contributed by atoms with Crippen molar-refractivity contribution in [2.75, 3.05) is 110 Å². The summed E-state index contributed by atoms with van der Waals surface area (Å²) in [7, 11) is 5.85. The fraction of sp³-hybridized carbons (Fsp3) is 0.396. The van der Waals surface area contributed by atoms with Crippen molar-refractivity contribution in [3.63, 3.8) is 0 Å². The average molecular weight is 1040 g/mol. The molecule has 4 aliphatic heterocycles. The third kappa shape index (κ3) is 10.0. The van der Waals surface area contributed by atoms with Crippen LogP contribution in [0.5, 0.6) is 0 Å². The smallest absolute Gasteiger partial charge is 0.255 e. The first-order valence-corrected chi connectivity index (χ1v) is 26.2. The number of carbonyl (C=O) groups is 2. The number of carbonyl (C=O) groups excluding carboxylic acids is 2. The van der Waals surface area contributed by atoms with Crippen LogP contribution in [0.2, 0.25) is 0 Å². The number of aromatic nitrogens is 14. The highest BCUT2D eigenvalue weighted by Gasteiger charge is 2.34. The molecule has 0 aliphatic carbocycles. The Hall–Kier alpha value is -8.64. The van der Waals surface area contributed by atoms with E-state index in [4.69, 9.17) is 0 Å². The summed E-state index contributed by atoms with van der Waals surface area (Å²) in [4.78, 5) is 49.2. The Labute approximate surface area is 446 Å². The van der Waals surface area contributed by atoms with E-state index in [2.05, 4.69) is 118 Å². The molecule has 4 N–H and O–H groups in total. The van der Waals surface area contributed by atoms with Gasteiger partial charge in [0.25, 0.3) is 11.8 Å². The first-order chi connectivity index (χ1) is 37.3. The molecule has 10 heterocycles. The van der Waals surface area contributed by atoms with Crippen molar-refractivity contribution in [3.8, 4) is 22.5 Å². The number of fused-ring (bicyclic) bond motifs is 4. The van der Waals surface area contributed by atoms with Crippen LogP contribution in [0.25, 0.3) is 44.3 Å². The third-order valence-electron chi connectivity index (χ3n) is 15.0. The van der Waals surface area contributed by atoms with E-state index in [1.807, 2.05) is 126 Å². The summed E-state index contributed by atoms with van der Waals surface area (Å²) >= 11 is 0. The lowest BCUT2D eigenvalue weighted by Gasteiger charge is -2.34. The van der Waals surface area contributed by atoms with E-state index in [0.29, 0.717) is 34.4 Å². The lowest BCUT2D eigenvalue weighted by atomic mass is 10.0. The van der Waals surface area contributed by atoms with Crippen LogP contribution in [0.15, 0.2) is 95.6 Å². The van der Waals surface area contributed by atoms with Crippen LogP contribution in [0.1, 0.15) is 60.5 Å². The summed E-state index contributed by atoms with van der Waals surface area (Å²) in [5.41, 5.74) is 9.62. The highest BCUT2D eigenvalue weighted by molar-refractivity contribution is 6.08. The van der Waals surface area contributed by atoms with Crippen LogP contribution in [0.3, 0.4) is 0 Å². The molecule has 400 valence electrons. The molecule has 24 nitrogen and oxygen atoms in total. The Bertz CT molecular complexity index is 3500. The monoisotopic (exact) mass is 1040 g/mol. The minimum absolute atomic E-state index is 0.190. The van der Waals surface area contributed by atoms with Crippen LogP contribution in [0, 0.1) is 0 Å². The van der Waals surface area contributed by atoms with Crippen LogP contribution in [-0.4, -0.2) is 172 Å². The van der Waals surface area contributed by atoms with Crippen molar-refractivity contribution in [1.82, 2.24) is 80.6 Å². The zero-order valence-electron chi connectivity index (χ0n) is 45.3. The Morgan fingerprint density at radius 3 is 1.45 bits per heavy atom. The molecule has 4 aliphatic rings. The largest absolute Gasteiger partial charge is 0.354 e. The molecule has 0 radical (unpaired) electrons. The van der Waals surface area contributed by atoms with Crippen LogP contribution < -0.4 is 30.2 Å². The first kappa shape index (κ1) is 51.8. The number of benzene rings is 2. The number of allylic oxidation sites excluding steroid dienone is 2. The molecule has 6 aromatic heterocycles. The Balaban J connectivity index is 0.000000169. The number of aromatic amines is 2. The van der Waals surface area contributed by atoms with Gasteiger partial charge < -0.3 is 40.0 Å². The Morgan fingerprint density at radius 2 is 1.03 bits per heavy atom. The first-order valence-electron chi connectivity index (χ1n) is 26.2. The molecular weight excluding hydrogens is 977 g/mol. The standard InChI is InChI=1S/C26H31N11O.C25H29N11O.C2H6/c1-5-35-10-12-36(13-11-35)22-14-18(8-9-27-22)24-20-15-19(6-7-21(20)29-30-24)28-25(38)23-16(2)34(4)26-31-32-33-37(26)17(23)3;1-15-22(16(2)36-25(34(15)4)30-31-32-36)24(37)27-18-5-6-20-19(14-18)23(29-28-20)17-7-8-26-21(13-17)35-11-9-33(3)10-12-35;1-2/h6-9,14-15,17H,5,10-13H2,1-4H3,(H,28,38)(H,29,30);5-8,13-14,16H,9-12H2,1-4H3,(H,27,37)(H,28,29);1-2H3/t17-;16-;/m11./s1. The summed E-state index contributed by atoms with van der Waals surface area (Å²) in [5.74, 6) is 2.75. The van der Waals surface area contributed by atoms with Gasteiger partial charge in [0.15, 0.2) is 0 Å². The number of pyridine rings is 2. The zero-order valence-corrected chi connectivity index (χ0v) is 45.3. The predicted molar refractivity (Wildman–Crippen MR) is 299 cm³/mol. The summed E-state index contributed by atoms with van der Waals surface area (Å²) in [5, 5.41) is 47.2. The van der Waals surface area contributed by atoms with E-state index < -0.39 is 0 Å². The molecule has 2 amide bonds. The second-order valence-corrected chi connectivity index (χ2v) is 19.4. The maximum Gasteiger partial charge on any atom is 0.255 e. The number of hydrogen-bond acceptors (Lipinski definition) is 18. The average Bonchev–Trinajstić information content (AvgIpc) is 4.35. The summed E-state index contributed by atoms with van der Waals surface area (Å²) in [6.07, 6.45) is 3.67. The lowest BCUT2D eigenvalue weighted by molar-refractivity contribution is -0.114. The van der Waals surface area contributed by atoms with E-state index in [1.54, 1.807) is 9.36 Å². The molecule has 0 bridgehead atoms. The van der Waals surface area contributed by atoms with Gasteiger partial charge in [-0.3, -0.25) is 19.8 Å². The number of likely N-dealkylation sites (N-methyl/N-ethyl adjacent to an activating group) is 2. The van der Waals surface area contributed by atoms with Crippen LogP contribution in [0.4, 0.5) is 34.9 Å². The number of nitrogens with one attached hydrogen (secondary N) is 4. The molecule has 8 aromatic rings. The van der Waals surface area contributed by atoms with Gasteiger partial charge in [0.2, 0.25) is 11.9 Å². The molecule has 77 heavy (non-hydrogen) atoms. The molecule has 12 rings (SSSR count). The van der Waals surface area contributed by atoms with Gasteiger partial charge in [-0.25, -0.2) is 19.3 Å². The van der Waals surface area contributed by atoms with Gasteiger partial charge in [0.1, 0.15) is 23.0 Å². The van der Waals surface area contributed by atoms with E-state index in [1.165, 1.54) is 0 Å². The van der Waals surface area contributed by atoms with E-state index in [-0.39, 0.29) is 23.9 Å². The van der Waals surface area contributed by atoms with Gasteiger partial charge in [-0.15, -0.1) is 0 Å². The number of rotatable bonds is 9. The zero-order chi connectivity index (χ0) is 54.1. The number of piperazine rings is 2. The van der Waals surface area contributed by atoms with Gasteiger partial charge in [-0.05, 0) is 123 Å². The molecule has 2 atom stereocenters. The normalized spacial score (nSPS) is 17.9. The maximum atomic E-state index is 13.4. The molecular formula is C53H66N22O2. The topological polar surface area (TPSA) is 248 Å². The van der Waals surface area contributed by atoms with Crippen molar-refractivity contribution >= 4 is 68.5 Å². The summed E-state index contributed by atoms with van der Waals surface area (Å²) in [6.45, 7) is 22.8. The van der Waals surface area contributed by atoms with E-state index in [9.17, 15) is 9.59 Å². The molecule has 2 aromatic carbocycles. The number of nitrogens with zero attached hydrogens (tertiary/aromatic N) is 18. The quantitative estimate of drug-likeness (QED) is 0.130. The minimum atomic E-state index is -0.293. The molecule has 2 saturated heterocycles.